The van der Waals surface area contributed by atoms with Crippen molar-refractivity contribution in [3.8, 4) is 11.4 Å². The Morgan fingerprint density at radius 2 is 1.62 bits per heavy atom. The standard InChI is InChI=1S/C34H39N9O4/c1-3-26(2)43-33(44)42(25-38-43)29-9-7-27(8-10-29)39-16-18-40(19-17-39)28-11-13-30(14-12-28)45-20-31-21-46-34(47-31,22-41-24-35-23-37-41)32-6-4-5-15-36-32/h4-15,23-26,31H,3,16-22H2,1-2H3/t26-,31?,34?/m1/s1. The average molecular weight is 638 g/mol. The van der Waals surface area contributed by atoms with Crippen molar-refractivity contribution >= 4 is 11.4 Å². The fraction of sp³-hybridized carbons (Fsp3) is 0.382. The van der Waals surface area contributed by atoms with Gasteiger partial charge in [-0.1, -0.05) is 13.0 Å². The number of nitrogens with zero attached hydrogens (tertiary/aromatic N) is 9. The molecule has 0 saturated carbocycles. The van der Waals surface area contributed by atoms with Crippen LogP contribution < -0.4 is 20.2 Å². The molecule has 3 atom stereocenters. The molecule has 2 aliphatic heterocycles. The van der Waals surface area contributed by atoms with Crippen LogP contribution in [0, 0.1) is 0 Å². The van der Waals surface area contributed by atoms with E-state index in [-0.39, 0.29) is 17.8 Å². The number of benzene rings is 2. The highest BCUT2D eigenvalue weighted by Crippen LogP contribution is 2.35. The summed E-state index contributed by atoms with van der Waals surface area (Å²) in [4.78, 5) is 26.1. The third-order valence-electron chi connectivity index (χ3n) is 8.86. The lowest BCUT2D eigenvalue weighted by molar-refractivity contribution is -0.193. The Morgan fingerprint density at radius 1 is 0.915 bits per heavy atom. The van der Waals surface area contributed by atoms with E-state index >= 15 is 0 Å². The van der Waals surface area contributed by atoms with Crippen LogP contribution >= 0.6 is 0 Å². The van der Waals surface area contributed by atoms with Crippen molar-refractivity contribution in [1.29, 1.82) is 0 Å². The van der Waals surface area contributed by atoms with Crippen LogP contribution in [0.4, 0.5) is 11.4 Å². The van der Waals surface area contributed by atoms with Crippen LogP contribution in [0.15, 0.2) is 96.7 Å². The third-order valence-corrected chi connectivity index (χ3v) is 8.86. The fourth-order valence-corrected chi connectivity index (χ4v) is 6.02. The predicted molar refractivity (Wildman–Crippen MR) is 176 cm³/mol. The van der Waals surface area contributed by atoms with E-state index in [1.807, 2.05) is 49.4 Å². The summed E-state index contributed by atoms with van der Waals surface area (Å²) in [6.45, 7) is 8.70. The minimum absolute atomic E-state index is 0.0704. The number of ether oxygens (including phenoxy) is 3. The van der Waals surface area contributed by atoms with Gasteiger partial charge in [0.1, 0.15) is 49.7 Å². The van der Waals surface area contributed by atoms with Crippen LogP contribution in [0.2, 0.25) is 0 Å². The number of hydrogen-bond donors (Lipinski definition) is 0. The second kappa shape index (κ2) is 13.4. The fourth-order valence-electron chi connectivity index (χ4n) is 6.02. The number of hydrogen-bond acceptors (Lipinski definition) is 10. The van der Waals surface area contributed by atoms with Gasteiger partial charge in [0.2, 0.25) is 5.79 Å². The van der Waals surface area contributed by atoms with E-state index in [1.165, 1.54) is 6.33 Å². The van der Waals surface area contributed by atoms with Gasteiger partial charge in [-0.25, -0.2) is 23.7 Å². The molecule has 13 nitrogen and oxygen atoms in total. The molecule has 7 rings (SSSR count). The molecule has 2 unspecified atom stereocenters. The maximum atomic E-state index is 12.8. The van der Waals surface area contributed by atoms with E-state index in [4.69, 9.17) is 14.2 Å². The highest BCUT2D eigenvalue weighted by Gasteiger charge is 2.45. The van der Waals surface area contributed by atoms with Crippen molar-refractivity contribution in [3.05, 3.63) is 108 Å². The summed E-state index contributed by atoms with van der Waals surface area (Å²) in [6.07, 6.45) is 7.03. The lowest BCUT2D eigenvalue weighted by Crippen LogP contribution is -2.46. The van der Waals surface area contributed by atoms with Gasteiger partial charge in [-0.05, 0) is 74.0 Å². The van der Waals surface area contributed by atoms with E-state index in [1.54, 1.807) is 32.8 Å². The van der Waals surface area contributed by atoms with Gasteiger partial charge in [0, 0.05) is 43.8 Å². The maximum absolute atomic E-state index is 12.8. The first kappa shape index (κ1) is 30.6. The number of anilines is 2. The summed E-state index contributed by atoms with van der Waals surface area (Å²) in [6, 6.07) is 22.1. The second-order valence-electron chi connectivity index (χ2n) is 11.9. The Labute approximate surface area is 272 Å². The van der Waals surface area contributed by atoms with E-state index in [0.717, 1.165) is 55.4 Å². The minimum Gasteiger partial charge on any atom is -0.491 e. The zero-order valence-corrected chi connectivity index (χ0v) is 26.6. The van der Waals surface area contributed by atoms with E-state index < -0.39 is 5.79 Å². The van der Waals surface area contributed by atoms with Gasteiger partial charge < -0.3 is 24.0 Å². The Kier molecular flexibility index (Phi) is 8.72. The smallest absolute Gasteiger partial charge is 0.350 e. The summed E-state index contributed by atoms with van der Waals surface area (Å²) in [5.74, 6) is -0.287. The van der Waals surface area contributed by atoms with Crippen LogP contribution in [-0.4, -0.2) is 79.6 Å². The Hall–Kier alpha value is -5.01. The molecule has 2 aromatic carbocycles. The molecular formula is C34H39N9O4. The van der Waals surface area contributed by atoms with E-state index in [0.29, 0.717) is 25.5 Å². The summed E-state index contributed by atoms with van der Waals surface area (Å²) < 4.78 is 23.6. The summed E-state index contributed by atoms with van der Waals surface area (Å²) in [5, 5.41) is 8.52. The van der Waals surface area contributed by atoms with Gasteiger partial charge in [0.15, 0.2) is 0 Å². The topological polar surface area (TPSA) is 118 Å². The molecule has 0 N–H and O–H groups in total. The Morgan fingerprint density at radius 3 is 2.26 bits per heavy atom. The predicted octanol–water partition coefficient (Wildman–Crippen LogP) is 3.67. The molecule has 0 bridgehead atoms. The summed E-state index contributed by atoms with van der Waals surface area (Å²) in [5.41, 5.74) is 3.70. The van der Waals surface area contributed by atoms with Crippen molar-refractivity contribution in [2.75, 3.05) is 49.2 Å². The number of pyridine rings is 1. The molecule has 2 fully saturated rings. The first-order valence-electron chi connectivity index (χ1n) is 16.1. The van der Waals surface area contributed by atoms with Gasteiger partial charge in [-0.3, -0.25) is 4.98 Å². The lowest BCUT2D eigenvalue weighted by atomic mass is 10.1. The zero-order valence-electron chi connectivity index (χ0n) is 26.6. The SMILES string of the molecule is CC[C@@H](C)n1ncn(-c2ccc(N3CCN(c4ccc(OCC5COC(Cn6cncn6)(c6ccccn6)O5)cc4)CC3)cc2)c1=O. The van der Waals surface area contributed by atoms with Gasteiger partial charge in [0.25, 0.3) is 0 Å². The molecular weight excluding hydrogens is 598 g/mol. The van der Waals surface area contributed by atoms with Crippen LogP contribution in [0.5, 0.6) is 5.75 Å². The maximum Gasteiger partial charge on any atom is 0.350 e. The molecule has 0 aliphatic carbocycles. The first-order chi connectivity index (χ1) is 23.0. The van der Waals surface area contributed by atoms with E-state index in [2.05, 4.69) is 61.2 Å². The van der Waals surface area contributed by atoms with Crippen molar-refractivity contribution < 1.29 is 14.2 Å². The summed E-state index contributed by atoms with van der Waals surface area (Å²) >= 11 is 0. The minimum atomic E-state index is -1.06. The largest absolute Gasteiger partial charge is 0.491 e. The van der Waals surface area contributed by atoms with Crippen molar-refractivity contribution in [3.63, 3.8) is 0 Å². The monoisotopic (exact) mass is 637 g/mol. The van der Waals surface area contributed by atoms with Crippen LogP contribution in [-0.2, 0) is 21.8 Å². The summed E-state index contributed by atoms with van der Waals surface area (Å²) in [7, 11) is 0. The zero-order chi connectivity index (χ0) is 32.2. The lowest BCUT2D eigenvalue weighted by Gasteiger charge is -2.37. The quantitative estimate of drug-likeness (QED) is 0.212. The van der Waals surface area contributed by atoms with Crippen LogP contribution in [0.1, 0.15) is 32.0 Å². The first-order valence-corrected chi connectivity index (χ1v) is 16.1. The average Bonchev–Trinajstić information content (AvgIpc) is 3.89. The van der Waals surface area contributed by atoms with Gasteiger partial charge in [0.05, 0.1) is 18.3 Å². The van der Waals surface area contributed by atoms with E-state index in [9.17, 15) is 4.79 Å². The molecule has 13 heteroatoms. The molecule has 47 heavy (non-hydrogen) atoms. The molecule has 0 amide bonds. The molecule has 2 aliphatic rings. The highest BCUT2D eigenvalue weighted by molar-refractivity contribution is 5.54. The van der Waals surface area contributed by atoms with Gasteiger partial charge in [-0.2, -0.15) is 10.2 Å². The van der Waals surface area contributed by atoms with Crippen molar-refractivity contribution in [1.82, 2.24) is 34.1 Å². The third kappa shape index (κ3) is 6.49. The number of aromatic nitrogens is 7. The van der Waals surface area contributed by atoms with Crippen LogP contribution in [0.25, 0.3) is 5.69 Å². The highest BCUT2D eigenvalue weighted by atomic mass is 16.8. The van der Waals surface area contributed by atoms with Gasteiger partial charge >= 0.3 is 5.69 Å². The van der Waals surface area contributed by atoms with Gasteiger partial charge in [-0.15, -0.1) is 0 Å². The second-order valence-corrected chi connectivity index (χ2v) is 11.9. The molecule has 3 aromatic heterocycles. The molecule has 0 radical (unpaired) electrons. The van der Waals surface area contributed by atoms with Crippen molar-refractivity contribution in [2.45, 2.75) is 44.7 Å². The Balaban J connectivity index is 0.913. The number of piperazine rings is 1. The Bertz CT molecular complexity index is 1780. The normalized spacial score (nSPS) is 20.4. The number of rotatable bonds is 11. The molecule has 0 spiro atoms. The van der Waals surface area contributed by atoms with Crippen LogP contribution in [0.3, 0.4) is 0 Å². The molecule has 5 heterocycles. The molecule has 244 valence electrons. The molecule has 5 aromatic rings. The van der Waals surface area contributed by atoms with Crippen molar-refractivity contribution in [2.24, 2.45) is 0 Å². The molecule has 2 saturated heterocycles.